The van der Waals surface area contributed by atoms with Gasteiger partial charge in [0.05, 0.1) is 0 Å². The number of thiazole rings is 1. The van der Waals surface area contributed by atoms with E-state index in [2.05, 4.69) is 14.6 Å². The van der Waals surface area contributed by atoms with Crippen LogP contribution in [-0.2, 0) is 10.0 Å². The van der Waals surface area contributed by atoms with E-state index >= 15 is 0 Å². The molecule has 3 aliphatic rings. The highest BCUT2D eigenvalue weighted by Crippen LogP contribution is 2.30. The minimum Gasteiger partial charge on any atom is -0.381 e. The Labute approximate surface area is 126 Å². The van der Waals surface area contributed by atoms with Crippen molar-refractivity contribution in [2.45, 2.75) is 23.9 Å². The lowest BCUT2D eigenvalue weighted by Gasteiger charge is -2.44. The first kappa shape index (κ1) is 13.5. The summed E-state index contributed by atoms with van der Waals surface area (Å²) in [5, 5.41) is 1.87. The second-order valence-electron chi connectivity index (χ2n) is 5.72. The summed E-state index contributed by atoms with van der Waals surface area (Å²) in [4.78, 5) is 7.02. The van der Waals surface area contributed by atoms with Crippen molar-refractivity contribution in [2.24, 2.45) is 5.92 Å². The summed E-state index contributed by atoms with van der Waals surface area (Å²) >= 11 is 1.37. The van der Waals surface area contributed by atoms with Gasteiger partial charge in [-0.1, -0.05) is 0 Å². The molecule has 9 heteroatoms. The number of imidazole rings is 1. The van der Waals surface area contributed by atoms with Gasteiger partial charge in [0, 0.05) is 24.2 Å². The van der Waals surface area contributed by atoms with Crippen molar-refractivity contribution >= 4 is 32.1 Å². The molecule has 2 bridgehead atoms. The fourth-order valence-electron chi connectivity index (χ4n) is 3.40. The van der Waals surface area contributed by atoms with Crippen LogP contribution in [0.4, 0.5) is 5.82 Å². The Hall–Kier alpha value is -1.16. The smallest absolute Gasteiger partial charge is 0.260 e. The van der Waals surface area contributed by atoms with Crippen molar-refractivity contribution < 1.29 is 8.42 Å². The number of anilines is 1. The first-order valence-corrected chi connectivity index (χ1v) is 9.36. The van der Waals surface area contributed by atoms with Crippen molar-refractivity contribution in [1.82, 2.24) is 19.0 Å². The molecule has 0 spiro atoms. The average molecular weight is 327 g/mol. The Kier molecular flexibility index (Phi) is 3.00. The topological polar surface area (TPSA) is 92.7 Å². The first-order chi connectivity index (χ1) is 10.0. The molecule has 21 heavy (non-hydrogen) atoms. The van der Waals surface area contributed by atoms with E-state index in [0.29, 0.717) is 10.9 Å². The molecule has 5 heterocycles. The van der Waals surface area contributed by atoms with Crippen molar-refractivity contribution in [2.75, 3.05) is 25.4 Å². The van der Waals surface area contributed by atoms with Crippen molar-refractivity contribution in [3.05, 3.63) is 11.6 Å². The van der Waals surface area contributed by atoms with Gasteiger partial charge >= 0.3 is 0 Å². The van der Waals surface area contributed by atoms with Crippen LogP contribution in [0, 0.1) is 5.92 Å². The third-order valence-electron chi connectivity index (χ3n) is 4.46. The predicted molar refractivity (Wildman–Crippen MR) is 80.8 cm³/mol. The Bertz CT molecular complexity index is 773. The maximum atomic E-state index is 12.7. The molecule has 5 rings (SSSR count). The van der Waals surface area contributed by atoms with E-state index in [0.717, 1.165) is 32.5 Å². The summed E-state index contributed by atoms with van der Waals surface area (Å²) in [6, 6.07) is -0.0268. The van der Waals surface area contributed by atoms with Crippen molar-refractivity contribution in [3.63, 3.8) is 0 Å². The third-order valence-corrected chi connectivity index (χ3v) is 6.75. The molecule has 0 saturated carbocycles. The number of piperidine rings is 3. The summed E-state index contributed by atoms with van der Waals surface area (Å²) < 4.78 is 29.8. The van der Waals surface area contributed by atoms with E-state index in [1.54, 1.807) is 16.0 Å². The number of hydrogen-bond donors (Lipinski definition) is 2. The largest absolute Gasteiger partial charge is 0.381 e. The Balaban J connectivity index is 1.67. The maximum Gasteiger partial charge on any atom is 0.260 e. The van der Waals surface area contributed by atoms with E-state index in [1.165, 1.54) is 11.3 Å². The Morgan fingerprint density at radius 2 is 2.14 bits per heavy atom. The summed E-state index contributed by atoms with van der Waals surface area (Å²) in [6.07, 6.45) is 3.81. The minimum absolute atomic E-state index is 0.0268. The predicted octanol–water partition coefficient (Wildman–Crippen LogP) is 0.350. The average Bonchev–Trinajstić information content (AvgIpc) is 2.98. The molecule has 3 aliphatic heterocycles. The van der Waals surface area contributed by atoms with Gasteiger partial charge in [-0.15, -0.1) is 11.3 Å². The summed E-state index contributed by atoms with van der Waals surface area (Å²) in [5.74, 6) is 0.493. The van der Waals surface area contributed by atoms with Gasteiger partial charge in [-0.05, 0) is 31.8 Å². The highest BCUT2D eigenvalue weighted by molar-refractivity contribution is 7.89. The zero-order valence-corrected chi connectivity index (χ0v) is 13.0. The number of nitrogens with one attached hydrogen (secondary N) is 1. The fraction of sp³-hybridized carbons (Fsp3) is 0.583. The number of fused-ring (bicyclic) bond motifs is 4. The van der Waals surface area contributed by atoms with Gasteiger partial charge < -0.3 is 10.6 Å². The minimum atomic E-state index is -3.66. The molecule has 2 aromatic rings. The monoisotopic (exact) mass is 327 g/mol. The lowest BCUT2D eigenvalue weighted by Crippen LogP contribution is -2.57. The van der Waals surface area contributed by atoms with Gasteiger partial charge in [-0.25, -0.2) is 18.1 Å². The summed E-state index contributed by atoms with van der Waals surface area (Å²) in [6.45, 7) is 2.94. The number of nitrogens with zero attached hydrogens (tertiary/aromatic N) is 3. The highest BCUT2D eigenvalue weighted by Gasteiger charge is 2.37. The Morgan fingerprint density at radius 3 is 2.81 bits per heavy atom. The van der Waals surface area contributed by atoms with Crippen LogP contribution in [0.25, 0.3) is 4.96 Å². The summed E-state index contributed by atoms with van der Waals surface area (Å²) in [7, 11) is -3.66. The number of nitrogen functional groups attached to an aromatic ring is 1. The van der Waals surface area contributed by atoms with Crippen molar-refractivity contribution in [3.8, 4) is 0 Å². The van der Waals surface area contributed by atoms with Crippen LogP contribution in [0.5, 0.6) is 0 Å². The van der Waals surface area contributed by atoms with Gasteiger partial charge in [0.2, 0.25) is 0 Å². The number of rotatable bonds is 3. The zero-order valence-electron chi connectivity index (χ0n) is 11.4. The molecular formula is C12H17N5O2S2. The normalized spacial score (nSPS) is 29.2. The number of aromatic nitrogens is 2. The molecule has 0 amide bonds. The van der Waals surface area contributed by atoms with Gasteiger partial charge in [-0.3, -0.25) is 4.40 Å². The summed E-state index contributed by atoms with van der Waals surface area (Å²) in [5.41, 5.74) is 5.81. The maximum absolute atomic E-state index is 12.7. The molecule has 3 fully saturated rings. The molecule has 3 saturated heterocycles. The fourth-order valence-corrected chi connectivity index (χ4v) is 5.69. The zero-order chi connectivity index (χ0) is 14.6. The molecular weight excluding hydrogens is 310 g/mol. The van der Waals surface area contributed by atoms with Gasteiger partial charge in [0.25, 0.3) is 10.0 Å². The van der Waals surface area contributed by atoms with Crippen LogP contribution in [0.2, 0.25) is 0 Å². The second kappa shape index (κ2) is 4.67. The van der Waals surface area contributed by atoms with Crippen LogP contribution in [0.3, 0.4) is 0 Å². The van der Waals surface area contributed by atoms with E-state index in [4.69, 9.17) is 5.73 Å². The lowest BCUT2D eigenvalue weighted by atomic mass is 9.85. The molecule has 0 aromatic carbocycles. The van der Waals surface area contributed by atoms with Gasteiger partial charge in [0.15, 0.2) is 15.8 Å². The van der Waals surface area contributed by atoms with Gasteiger partial charge in [-0.2, -0.15) is 0 Å². The molecule has 1 atom stereocenters. The second-order valence-corrected chi connectivity index (χ2v) is 8.23. The quantitative estimate of drug-likeness (QED) is 0.848. The molecule has 114 valence electrons. The molecule has 2 aromatic heterocycles. The molecule has 1 unspecified atom stereocenters. The van der Waals surface area contributed by atoms with Crippen LogP contribution >= 0.6 is 11.3 Å². The third kappa shape index (κ3) is 2.15. The van der Waals surface area contributed by atoms with E-state index in [-0.39, 0.29) is 16.9 Å². The molecule has 0 aliphatic carbocycles. The molecule has 3 N–H and O–H groups in total. The lowest BCUT2D eigenvalue weighted by molar-refractivity contribution is 0.0827. The Morgan fingerprint density at radius 1 is 1.38 bits per heavy atom. The molecule has 0 radical (unpaired) electrons. The first-order valence-electron chi connectivity index (χ1n) is 7.00. The van der Waals surface area contributed by atoms with E-state index in [9.17, 15) is 8.42 Å². The van der Waals surface area contributed by atoms with E-state index in [1.807, 2.05) is 0 Å². The van der Waals surface area contributed by atoms with Crippen molar-refractivity contribution in [1.29, 1.82) is 0 Å². The number of hydrogen-bond acceptors (Lipinski definition) is 6. The highest BCUT2D eigenvalue weighted by atomic mass is 32.2. The number of nitrogens with two attached hydrogens (primary N) is 1. The molecule has 7 nitrogen and oxygen atoms in total. The van der Waals surface area contributed by atoms with Gasteiger partial charge in [0.1, 0.15) is 0 Å². The standard InChI is InChI=1S/C12H17N5O2S2/c13-10-11(17-5-6-20-12(17)14-10)21(18,19)15-9-7-16-3-1-8(9)2-4-16/h5-6,8-9,15H,1-4,7,13H2. The van der Waals surface area contributed by atoms with Crippen LogP contribution in [-0.4, -0.2) is 48.4 Å². The number of sulfonamides is 1. The van der Waals surface area contributed by atoms with Crippen LogP contribution in [0.15, 0.2) is 16.6 Å². The van der Waals surface area contributed by atoms with E-state index < -0.39 is 10.0 Å². The van der Waals surface area contributed by atoms with Crippen LogP contribution < -0.4 is 10.5 Å². The van der Waals surface area contributed by atoms with Crippen LogP contribution in [0.1, 0.15) is 12.8 Å². The SMILES string of the molecule is Nc1nc2sccn2c1S(=O)(=O)NC1CN2CCC1CC2.